The van der Waals surface area contributed by atoms with Crippen LogP contribution in [0.2, 0.25) is 0 Å². The Balaban J connectivity index is 1.64. The van der Waals surface area contributed by atoms with Gasteiger partial charge in [-0.3, -0.25) is 4.79 Å². The summed E-state index contributed by atoms with van der Waals surface area (Å²) in [6.45, 7) is 5.68. The van der Waals surface area contributed by atoms with Crippen LogP contribution in [0.4, 0.5) is 11.5 Å². The first-order chi connectivity index (χ1) is 15.1. The van der Waals surface area contributed by atoms with Crippen LogP contribution in [0.1, 0.15) is 24.0 Å². The first-order valence-electron chi connectivity index (χ1n) is 10.8. The van der Waals surface area contributed by atoms with E-state index in [-0.39, 0.29) is 0 Å². The molecule has 1 aromatic heterocycles. The molecule has 31 heavy (non-hydrogen) atoms. The molecule has 1 atom stereocenters. The van der Waals surface area contributed by atoms with Gasteiger partial charge in [-0.1, -0.05) is 24.3 Å². The van der Waals surface area contributed by atoms with Crippen LogP contribution in [0.3, 0.4) is 0 Å². The number of morpholine rings is 1. The molecule has 0 radical (unpaired) electrons. The maximum absolute atomic E-state index is 12.1. The number of hydrogen-bond acceptors (Lipinski definition) is 6. The van der Waals surface area contributed by atoms with Crippen molar-refractivity contribution in [2.75, 3.05) is 43.5 Å². The van der Waals surface area contributed by atoms with E-state index in [1.807, 2.05) is 18.2 Å². The van der Waals surface area contributed by atoms with Crippen molar-refractivity contribution in [3.63, 3.8) is 0 Å². The van der Waals surface area contributed by atoms with Crippen molar-refractivity contribution in [2.24, 2.45) is 0 Å². The van der Waals surface area contributed by atoms with Crippen molar-refractivity contribution in [1.82, 2.24) is 4.98 Å². The molecule has 2 aromatic carbocycles. The lowest BCUT2D eigenvalue weighted by atomic mass is 9.83. The predicted molar refractivity (Wildman–Crippen MR) is 122 cm³/mol. The number of nitrogen functional groups attached to an aromatic ring is 1. The molecule has 2 saturated heterocycles. The molecule has 160 valence electrons. The molecule has 5 rings (SSSR count). The molecule has 0 amide bonds. The number of anilines is 2. The zero-order valence-electron chi connectivity index (χ0n) is 17.8. The third kappa shape index (κ3) is 3.46. The van der Waals surface area contributed by atoms with Gasteiger partial charge in [0.15, 0.2) is 6.29 Å². The monoisotopic (exact) mass is 417 g/mol. The molecule has 0 spiro atoms. The van der Waals surface area contributed by atoms with E-state index >= 15 is 0 Å². The summed E-state index contributed by atoms with van der Waals surface area (Å²) >= 11 is 0. The quantitative estimate of drug-likeness (QED) is 0.650. The van der Waals surface area contributed by atoms with Gasteiger partial charge in [-0.05, 0) is 60.2 Å². The topological polar surface area (TPSA) is 77.7 Å². The fourth-order valence-corrected chi connectivity index (χ4v) is 4.83. The van der Waals surface area contributed by atoms with Crippen LogP contribution in [0.5, 0.6) is 0 Å². The van der Waals surface area contributed by atoms with Crippen molar-refractivity contribution < 1.29 is 14.3 Å². The number of fused-ring (bicyclic) bond motifs is 1. The second-order valence-electron chi connectivity index (χ2n) is 8.36. The number of benzene rings is 2. The van der Waals surface area contributed by atoms with E-state index in [0.717, 1.165) is 64.6 Å². The van der Waals surface area contributed by atoms with Gasteiger partial charge in [-0.25, -0.2) is 4.98 Å². The third-order valence-electron chi connectivity index (χ3n) is 6.43. The number of nitrogens with two attached hydrogens (primary N) is 1. The SMILES string of the molecule is Cc1cccc(C2(C=O)CCCO2)c1-c1ccc2nc(N)c(N3CCOCC3)cc2c1. The van der Waals surface area contributed by atoms with Crippen molar-refractivity contribution in [2.45, 2.75) is 25.4 Å². The first-order valence-corrected chi connectivity index (χ1v) is 10.8. The van der Waals surface area contributed by atoms with Crippen molar-refractivity contribution >= 4 is 28.7 Å². The number of nitrogens with zero attached hydrogens (tertiary/aromatic N) is 2. The second-order valence-corrected chi connectivity index (χ2v) is 8.36. The van der Waals surface area contributed by atoms with Gasteiger partial charge in [0.1, 0.15) is 11.4 Å². The Kier molecular flexibility index (Phi) is 5.12. The van der Waals surface area contributed by atoms with E-state index in [1.54, 1.807) is 0 Å². The average molecular weight is 418 g/mol. The zero-order chi connectivity index (χ0) is 21.4. The highest BCUT2D eigenvalue weighted by Gasteiger charge is 2.39. The Morgan fingerprint density at radius 1 is 1.13 bits per heavy atom. The molecule has 2 aliphatic heterocycles. The molecular formula is C25H27N3O3. The van der Waals surface area contributed by atoms with Crippen molar-refractivity contribution in [3.05, 3.63) is 53.6 Å². The van der Waals surface area contributed by atoms with Crippen LogP contribution in [-0.4, -0.2) is 44.2 Å². The van der Waals surface area contributed by atoms with E-state index in [0.29, 0.717) is 32.1 Å². The summed E-state index contributed by atoms with van der Waals surface area (Å²) in [7, 11) is 0. The van der Waals surface area contributed by atoms with Gasteiger partial charge in [0.25, 0.3) is 0 Å². The summed E-state index contributed by atoms with van der Waals surface area (Å²) < 4.78 is 11.5. The van der Waals surface area contributed by atoms with Gasteiger partial charge in [0, 0.05) is 25.1 Å². The van der Waals surface area contributed by atoms with Crippen LogP contribution in [-0.2, 0) is 19.9 Å². The smallest absolute Gasteiger partial charge is 0.156 e. The largest absolute Gasteiger partial charge is 0.382 e. The van der Waals surface area contributed by atoms with Crippen LogP contribution in [0.25, 0.3) is 22.0 Å². The molecular weight excluding hydrogens is 390 g/mol. The highest BCUT2D eigenvalue weighted by Crippen LogP contribution is 2.42. The molecule has 2 aliphatic rings. The maximum Gasteiger partial charge on any atom is 0.156 e. The minimum Gasteiger partial charge on any atom is -0.382 e. The van der Waals surface area contributed by atoms with Crippen LogP contribution >= 0.6 is 0 Å². The van der Waals surface area contributed by atoms with E-state index in [4.69, 9.17) is 15.2 Å². The summed E-state index contributed by atoms with van der Waals surface area (Å²) in [6.07, 6.45) is 2.56. The van der Waals surface area contributed by atoms with Crippen LogP contribution in [0.15, 0.2) is 42.5 Å². The predicted octanol–water partition coefficient (Wildman–Crippen LogP) is 3.83. The van der Waals surface area contributed by atoms with Gasteiger partial charge >= 0.3 is 0 Å². The third-order valence-corrected chi connectivity index (χ3v) is 6.43. The normalized spacial score (nSPS) is 21.5. The average Bonchev–Trinajstić information content (AvgIpc) is 3.29. The van der Waals surface area contributed by atoms with E-state index in [1.165, 1.54) is 0 Å². The van der Waals surface area contributed by atoms with E-state index in [9.17, 15) is 4.79 Å². The first kappa shape index (κ1) is 20.0. The van der Waals surface area contributed by atoms with Crippen molar-refractivity contribution in [3.8, 4) is 11.1 Å². The lowest BCUT2D eigenvalue weighted by Gasteiger charge is -2.29. The Morgan fingerprint density at radius 3 is 2.71 bits per heavy atom. The highest BCUT2D eigenvalue weighted by atomic mass is 16.5. The molecule has 0 aliphatic carbocycles. The van der Waals surface area contributed by atoms with Gasteiger partial charge in [0.2, 0.25) is 0 Å². The van der Waals surface area contributed by atoms with Gasteiger partial charge in [0.05, 0.1) is 24.4 Å². The zero-order valence-corrected chi connectivity index (χ0v) is 17.8. The Morgan fingerprint density at radius 2 is 1.97 bits per heavy atom. The fraction of sp³-hybridized carbons (Fsp3) is 0.360. The standard InChI is InChI=1S/C25H27N3O3/c1-17-4-2-5-20(25(16-29)8-3-11-31-25)23(17)18-6-7-21-19(14-18)15-22(24(26)27-21)28-9-12-30-13-10-28/h2,4-7,14-16H,3,8-13H2,1H3,(H2,26,27). The number of hydrogen-bond donors (Lipinski definition) is 1. The molecule has 0 saturated carbocycles. The number of carbonyl (C=O) groups is 1. The second kappa shape index (κ2) is 7.94. The lowest BCUT2D eigenvalue weighted by Crippen LogP contribution is -2.36. The molecule has 1 unspecified atom stereocenters. The fourth-order valence-electron chi connectivity index (χ4n) is 4.83. The highest BCUT2D eigenvalue weighted by molar-refractivity contribution is 5.91. The summed E-state index contributed by atoms with van der Waals surface area (Å²) in [6, 6.07) is 14.4. The molecule has 0 bridgehead atoms. The Hall–Kier alpha value is -2.96. The van der Waals surface area contributed by atoms with Gasteiger partial charge in [-0.15, -0.1) is 0 Å². The number of aromatic nitrogens is 1. The molecule has 2 N–H and O–H groups in total. The minimum absolute atomic E-state index is 0.540. The summed E-state index contributed by atoms with van der Waals surface area (Å²) in [5.41, 5.74) is 11.4. The van der Waals surface area contributed by atoms with E-state index < -0.39 is 5.60 Å². The molecule has 6 nitrogen and oxygen atoms in total. The van der Waals surface area contributed by atoms with Crippen LogP contribution < -0.4 is 10.6 Å². The number of ether oxygens (including phenoxy) is 2. The molecule has 2 fully saturated rings. The van der Waals surface area contributed by atoms with Gasteiger partial charge in [-0.2, -0.15) is 0 Å². The molecule has 6 heteroatoms. The van der Waals surface area contributed by atoms with Gasteiger partial charge < -0.3 is 20.1 Å². The molecule has 3 aromatic rings. The summed E-state index contributed by atoms with van der Waals surface area (Å²) in [4.78, 5) is 19.0. The maximum atomic E-state index is 12.1. The van der Waals surface area contributed by atoms with Crippen LogP contribution in [0, 0.1) is 6.92 Å². The number of aryl methyl sites for hydroxylation is 1. The summed E-state index contributed by atoms with van der Waals surface area (Å²) in [5.74, 6) is 0.540. The Bertz CT molecular complexity index is 1130. The summed E-state index contributed by atoms with van der Waals surface area (Å²) in [5, 5.41) is 1.02. The molecule has 3 heterocycles. The number of pyridine rings is 1. The van der Waals surface area contributed by atoms with Crippen molar-refractivity contribution in [1.29, 1.82) is 0 Å². The number of carbonyl (C=O) groups excluding carboxylic acids is 1. The Labute approximate surface area is 182 Å². The van der Waals surface area contributed by atoms with E-state index in [2.05, 4.69) is 41.1 Å². The number of rotatable bonds is 4. The lowest BCUT2D eigenvalue weighted by molar-refractivity contribution is -0.126. The number of aldehydes is 1. The minimum atomic E-state index is -0.866.